The van der Waals surface area contributed by atoms with E-state index in [9.17, 15) is 8.42 Å². The van der Waals surface area contributed by atoms with Gasteiger partial charge in [-0.05, 0) is 68.1 Å². The molecule has 3 heterocycles. The molecule has 1 saturated heterocycles. The number of hydrogen-bond acceptors (Lipinski definition) is 5. The Hall–Kier alpha value is -2.74. The first-order chi connectivity index (χ1) is 15.4. The minimum absolute atomic E-state index is 0.197. The van der Waals surface area contributed by atoms with Crippen LogP contribution < -0.4 is 5.32 Å². The van der Waals surface area contributed by atoms with Crippen LogP contribution in [0.2, 0.25) is 5.15 Å². The third-order valence-electron chi connectivity index (χ3n) is 6.08. The van der Waals surface area contributed by atoms with Gasteiger partial charge in [0.05, 0.1) is 16.0 Å². The molecule has 1 aliphatic heterocycles. The summed E-state index contributed by atoms with van der Waals surface area (Å²) in [6, 6.07) is 16.7. The van der Waals surface area contributed by atoms with Crippen molar-refractivity contribution in [2.24, 2.45) is 0 Å². The summed E-state index contributed by atoms with van der Waals surface area (Å²) in [4.78, 5) is 8.50. The molecule has 1 fully saturated rings. The topological polar surface area (TPSA) is 76.9 Å². The van der Waals surface area contributed by atoms with Gasteiger partial charge >= 0.3 is 0 Å². The molecular weight excluding hydrogens is 444 g/mol. The van der Waals surface area contributed by atoms with E-state index >= 15 is 0 Å². The molecule has 0 aliphatic carbocycles. The smallest absolute Gasteiger partial charge is 0.269 e. The number of benzene rings is 2. The number of halogens is 1. The number of nitrogens with one attached hydrogen (secondary N) is 1. The Morgan fingerprint density at radius 1 is 1.00 bits per heavy atom. The van der Waals surface area contributed by atoms with E-state index in [2.05, 4.69) is 27.4 Å². The van der Waals surface area contributed by atoms with Crippen molar-refractivity contribution in [2.45, 2.75) is 30.6 Å². The minimum atomic E-state index is -3.91. The van der Waals surface area contributed by atoms with E-state index in [4.69, 9.17) is 11.6 Å². The van der Waals surface area contributed by atoms with Crippen LogP contribution in [0.5, 0.6) is 0 Å². The van der Waals surface area contributed by atoms with Gasteiger partial charge in [0, 0.05) is 0 Å². The second kappa shape index (κ2) is 8.31. The zero-order valence-corrected chi connectivity index (χ0v) is 19.2. The number of fused-ring (bicyclic) bond motifs is 1. The summed E-state index contributed by atoms with van der Waals surface area (Å²) in [6.45, 7) is 3.96. The van der Waals surface area contributed by atoms with Crippen LogP contribution in [0, 0.1) is 6.92 Å². The summed E-state index contributed by atoms with van der Waals surface area (Å²) in [5.41, 5.74) is 3.83. The lowest BCUT2D eigenvalue weighted by Crippen LogP contribution is -2.26. The number of aryl methyl sites for hydroxylation is 1. The maximum Gasteiger partial charge on any atom is 0.269 e. The Balaban J connectivity index is 1.66. The lowest BCUT2D eigenvalue weighted by atomic mass is 9.89. The van der Waals surface area contributed by atoms with Crippen molar-refractivity contribution < 1.29 is 8.42 Å². The van der Waals surface area contributed by atoms with Gasteiger partial charge in [-0.25, -0.2) is 22.4 Å². The Morgan fingerprint density at radius 2 is 1.69 bits per heavy atom. The maximum atomic E-state index is 13.7. The minimum Gasteiger partial charge on any atom is -0.317 e. The molecule has 5 rings (SSSR count). The molecule has 8 heteroatoms. The van der Waals surface area contributed by atoms with Crippen LogP contribution in [0.3, 0.4) is 0 Å². The molecule has 164 valence electrons. The van der Waals surface area contributed by atoms with Gasteiger partial charge in [-0.3, -0.25) is 0 Å². The number of nitrogens with zero attached hydrogens (tertiary/aromatic N) is 3. The van der Waals surface area contributed by atoms with Gasteiger partial charge < -0.3 is 5.32 Å². The van der Waals surface area contributed by atoms with Crippen molar-refractivity contribution >= 4 is 32.7 Å². The third-order valence-corrected chi connectivity index (χ3v) is 8.10. The summed E-state index contributed by atoms with van der Waals surface area (Å²) in [7, 11) is -3.91. The Morgan fingerprint density at radius 3 is 2.38 bits per heavy atom. The molecule has 1 aliphatic rings. The van der Waals surface area contributed by atoms with E-state index < -0.39 is 10.0 Å². The molecule has 4 aromatic rings. The number of hydrogen-bond donors (Lipinski definition) is 1. The van der Waals surface area contributed by atoms with Crippen molar-refractivity contribution in [3.05, 3.63) is 77.2 Å². The molecule has 0 unspecified atom stereocenters. The van der Waals surface area contributed by atoms with Crippen molar-refractivity contribution in [1.82, 2.24) is 19.3 Å². The molecule has 6 nitrogen and oxygen atoms in total. The summed E-state index contributed by atoms with van der Waals surface area (Å²) >= 11 is 6.31. The van der Waals surface area contributed by atoms with Crippen LogP contribution in [0.1, 0.15) is 29.9 Å². The normalized spacial score (nSPS) is 15.3. The molecule has 32 heavy (non-hydrogen) atoms. The second-order valence-electron chi connectivity index (χ2n) is 8.16. The zero-order valence-electron chi connectivity index (χ0n) is 17.6. The highest BCUT2D eigenvalue weighted by Gasteiger charge is 2.26. The largest absolute Gasteiger partial charge is 0.317 e. The van der Waals surface area contributed by atoms with Gasteiger partial charge in [0.2, 0.25) is 0 Å². The molecule has 0 atom stereocenters. The molecule has 2 aromatic carbocycles. The van der Waals surface area contributed by atoms with Crippen LogP contribution in [-0.2, 0) is 10.0 Å². The average molecular weight is 467 g/mol. The van der Waals surface area contributed by atoms with Crippen molar-refractivity contribution in [3.8, 4) is 11.3 Å². The summed E-state index contributed by atoms with van der Waals surface area (Å²) < 4.78 is 28.7. The van der Waals surface area contributed by atoms with Crippen LogP contribution in [0.4, 0.5) is 0 Å². The van der Waals surface area contributed by atoms with Crippen LogP contribution in [0.15, 0.2) is 65.8 Å². The lowest BCUT2D eigenvalue weighted by Gasteiger charge is -2.23. The van der Waals surface area contributed by atoms with E-state index in [-0.39, 0.29) is 15.7 Å². The fraction of sp³-hybridized carbons (Fsp3) is 0.250. The summed E-state index contributed by atoms with van der Waals surface area (Å²) in [6.07, 6.45) is 3.50. The molecule has 0 radical (unpaired) electrons. The Kier molecular flexibility index (Phi) is 5.49. The fourth-order valence-corrected chi connectivity index (χ4v) is 5.97. The van der Waals surface area contributed by atoms with Crippen molar-refractivity contribution in [2.75, 3.05) is 13.1 Å². The van der Waals surface area contributed by atoms with Gasteiger partial charge in [0.15, 0.2) is 5.65 Å². The first-order valence-corrected chi connectivity index (χ1v) is 12.4. The van der Waals surface area contributed by atoms with Gasteiger partial charge in [0.1, 0.15) is 11.5 Å². The molecule has 0 spiro atoms. The molecule has 0 saturated carbocycles. The lowest BCUT2D eigenvalue weighted by molar-refractivity contribution is 0.460. The summed E-state index contributed by atoms with van der Waals surface area (Å²) in [5, 5.41) is 4.11. The van der Waals surface area contributed by atoms with Crippen LogP contribution in [0.25, 0.3) is 22.3 Å². The maximum absolute atomic E-state index is 13.7. The van der Waals surface area contributed by atoms with Crippen molar-refractivity contribution in [1.29, 1.82) is 0 Å². The van der Waals surface area contributed by atoms with Gasteiger partial charge in [-0.1, -0.05) is 53.6 Å². The van der Waals surface area contributed by atoms with E-state index in [1.54, 1.807) is 30.3 Å². The van der Waals surface area contributed by atoms with Gasteiger partial charge in [-0.15, -0.1) is 0 Å². The zero-order chi connectivity index (χ0) is 22.3. The number of aromatic nitrogens is 3. The van der Waals surface area contributed by atoms with Crippen LogP contribution >= 0.6 is 11.6 Å². The quantitative estimate of drug-likeness (QED) is 0.438. The average Bonchev–Trinajstić information content (AvgIpc) is 3.22. The van der Waals surface area contributed by atoms with E-state index in [0.717, 1.165) is 37.1 Å². The first-order valence-electron chi connectivity index (χ1n) is 10.6. The monoisotopic (exact) mass is 466 g/mol. The molecule has 1 N–H and O–H groups in total. The first kappa shape index (κ1) is 21.1. The highest BCUT2D eigenvalue weighted by Crippen LogP contribution is 2.35. The van der Waals surface area contributed by atoms with Gasteiger partial charge in [0.25, 0.3) is 10.0 Å². The highest BCUT2D eigenvalue weighted by molar-refractivity contribution is 7.90. The van der Waals surface area contributed by atoms with Crippen LogP contribution in [-0.4, -0.2) is 35.4 Å². The Bertz CT molecular complexity index is 1370. The number of piperidine rings is 1. The Labute approximate surface area is 192 Å². The van der Waals surface area contributed by atoms with Crippen molar-refractivity contribution in [3.63, 3.8) is 0 Å². The van der Waals surface area contributed by atoms with Gasteiger partial charge in [-0.2, -0.15) is 0 Å². The number of rotatable bonds is 4. The molecule has 0 bridgehead atoms. The fourth-order valence-electron chi connectivity index (χ4n) is 4.30. The highest BCUT2D eigenvalue weighted by atomic mass is 35.5. The summed E-state index contributed by atoms with van der Waals surface area (Å²) in [5.74, 6) is 0.521. The SMILES string of the molecule is Cc1ccc(S(=O)(=O)n2c(-c3ccc(C4CCNCC4)cc3)cc3c(Cl)ncnc32)cc1. The predicted molar refractivity (Wildman–Crippen MR) is 127 cm³/mol. The third kappa shape index (κ3) is 3.70. The molecule has 0 amide bonds. The second-order valence-corrected chi connectivity index (χ2v) is 10.3. The van der Waals surface area contributed by atoms with E-state index in [1.807, 2.05) is 19.1 Å². The molecular formula is C24H23ClN4O2S. The predicted octanol–water partition coefficient (Wildman–Crippen LogP) is 4.76. The van der Waals surface area contributed by atoms with E-state index in [0.29, 0.717) is 17.0 Å². The molecule has 2 aromatic heterocycles. The van der Waals surface area contributed by atoms with E-state index in [1.165, 1.54) is 15.9 Å². The standard InChI is InChI=1S/C24H23ClN4O2S/c1-16-2-8-20(9-3-16)32(30,31)29-22(14-21-23(25)27-15-28-24(21)29)19-6-4-17(5-7-19)18-10-12-26-13-11-18/h2-9,14-15,18,26H,10-13H2,1H3.